The van der Waals surface area contributed by atoms with E-state index in [2.05, 4.69) is 0 Å². The Morgan fingerprint density at radius 2 is 1.34 bits per heavy atom. The van der Waals surface area contributed by atoms with Gasteiger partial charge in [-0.05, 0) is 60.1 Å². The van der Waals surface area contributed by atoms with Crippen LogP contribution >= 0.6 is 0 Å². The lowest BCUT2D eigenvalue weighted by Crippen LogP contribution is -2.11. The topological polar surface area (TPSA) is 9.23 Å². The lowest BCUT2D eigenvalue weighted by Gasteiger charge is -2.23. The SMILES string of the molecule is CCCc1ccc(CCc2cc3c(c(F)c2F)Oc2c(ccc(CCC)c2F)C3)c(F)c1. The molecule has 168 valence electrons. The smallest absolute Gasteiger partial charge is 0.201 e. The van der Waals surface area contributed by atoms with Gasteiger partial charge in [0.15, 0.2) is 23.1 Å². The van der Waals surface area contributed by atoms with Crippen molar-refractivity contribution in [3.05, 3.63) is 93.0 Å². The highest BCUT2D eigenvalue weighted by Crippen LogP contribution is 2.42. The third-order valence-corrected chi connectivity index (χ3v) is 6.00. The Labute approximate surface area is 186 Å². The summed E-state index contributed by atoms with van der Waals surface area (Å²) in [6.07, 6.45) is 3.67. The van der Waals surface area contributed by atoms with Crippen LogP contribution in [0.1, 0.15) is 60.1 Å². The van der Waals surface area contributed by atoms with Crippen molar-refractivity contribution in [3.8, 4) is 11.5 Å². The molecule has 3 aromatic rings. The van der Waals surface area contributed by atoms with E-state index in [0.717, 1.165) is 24.8 Å². The Bertz CT molecular complexity index is 1150. The minimum Gasteiger partial charge on any atom is -0.450 e. The first-order chi connectivity index (χ1) is 15.4. The van der Waals surface area contributed by atoms with Gasteiger partial charge in [0.1, 0.15) is 5.82 Å². The zero-order valence-corrected chi connectivity index (χ0v) is 18.3. The van der Waals surface area contributed by atoms with Gasteiger partial charge in [-0.3, -0.25) is 0 Å². The lowest BCUT2D eigenvalue weighted by atomic mass is 9.94. The first-order valence-corrected chi connectivity index (χ1v) is 11.2. The van der Waals surface area contributed by atoms with E-state index >= 15 is 0 Å². The van der Waals surface area contributed by atoms with E-state index in [0.29, 0.717) is 28.7 Å². The molecule has 0 amide bonds. The van der Waals surface area contributed by atoms with Gasteiger partial charge in [0.05, 0.1) is 0 Å². The molecule has 0 fully saturated rings. The van der Waals surface area contributed by atoms with E-state index in [1.807, 2.05) is 19.9 Å². The third-order valence-electron chi connectivity index (χ3n) is 6.00. The average Bonchev–Trinajstić information content (AvgIpc) is 2.78. The number of hydrogen-bond donors (Lipinski definition) is 0. The van der Waals surface area contributed by atoms with Crippen molar-refractivity contribution >= 4 is 0 Å². The molecule has 5 heteroatoms. The van der Waals surface area contributed by atoms with E-state index < -0.39 is 17.5 Å². The Hall–Kier alpha value is -2.82. The minimum absolute atomic E-state index is 0.0243. The molecule has 1 aliphatic heterocycles. The molecule has 4 rings (SSSR count). The highest BCUT2D eigenvalue weighted by atomic mass is 19.2. The fraction of sp³-hybridized carbons (Fsp3) is 0.333. The maximum absolute atomic E-state index is 14.9. The van der Waals surface area contributed by atoms with Crippen LogP contribution in [0.25, 0.3) is 0 Å². The second kappa shape index (κ2) is 9.35. The summed E-state index contributed by atoms with van der Waals surface area (Å²) in [7, 11) is 0. The molecule has 0 unspecified atom stereocenters. The molecule has 0 atom stereocenters. The predicted molar refractivity (Wildman–Crippen MR) is 117 cm³/mol. The largest absolute Gasteiger partial charge is 0.450 e. The molecule has 1 aliphatic rings. The molecule has 1 nitrogen and oxygen atoms in total. The molecule has 0 aliphatic carbocycles. The van der Waals surface area contributed by atoms with Crippen LogP contribution in [0.4, 0.5) is 17.6 Å². The summed E-state index contributed by atoms with van der Waals surface area (Å²) in [5.74, 6) is -3.28. The van der Waals surface area contributed by atoms with Crippen molar-refractivity contribution in [2.24, 2.45) is 0 Å². The second-order valence-corrected chi connectivity index (χ2v) is 8.38. The Morgan fingerprint density at radius 1 is 0.656 bits per heavy atom. The van der Waals surface area contributed by atoms with E-state index in [1.165, 1.54) is 6.07 Å². The summed E-state index contributed by atoms with van der Waals surface area (Å²) in [6.45, 7) is 3.97. The van der Waals surface area contributed by atoms with E-state index in [1.54, 1.807) is 24.3 Å². The predicted octanol–water partition coefficient (Wildman–Crippen LogP) is 7.63. The van der Waals surface area contributed by atoms with Crippen molar-refractivity contribution in [2.45, 2.75) is 58.8 Å². The zero-order chi connectivity index (χ0) is 22.8. The molecular weight excluding hydrogens is 416 g/mol. The highest BCUT2D eigenvalue weighted by Gasteiger charge is 2.28. The van der Waals surface area contributed by atoms with Gasteiger partial charge in [0.25, 0.3) is 0 Å². The first-order valence-electron chi connectivity index (χ1n) is 11.2. The van der Waals surface area contributed by atoms with Crippen LogP contribution in [-0.4, -0.2) is 0 Å². The van der Waals surface area contributed by atoms with Gasteiger partial charge < -0.3 is 4.74 Å². The van der Waals surface area contributed by atoms with Crippen LogP contribution in [-0.2, 0) is 32.1 Å². The summed E-state index contributed by atoms with van der Waals surface area (Å²) in [5, 5.41) is 0. The third kappa shape index (κ3) is 4.25. The fourth-order valence-corrected chi connectivity index (χ4v) is 4.31. The molecule has 32 heavy (non-hydrogen) atoms. The van der Waals surface area contributed by atoms with Crippen LogP contribution in [0, 0.1) is 23.3 Å². The van der Waals surface area contributed by atoms with Crippen molar-refractivity contribution in [3.63, 3.8) is 0 Å². The van der Waals surface area contributed by atoms with Crippen LogP contribution in [0.5, 0.6) is 11.5 Å². The highest BCUT2D eigenvalue weighted by molar-refractivity contribution is 5.53. The molecule has 0 aromatic heterocycles. The number of rotatable bonds is 7. The zero-order valence-electron chi connectivity index (χ0n) is 18.3. The standard InChI is InChI=1S/C27H26F4O/c1-3-5-16-7-8-17(22(28)13-16)9-11-19-14-21-15-20-12-10-18(6-4-2)24(30)26(20)32-27(21)25(31)23(19)29/h7-8,10,12-14H,3-6,9,11,15H2,1-2H3. The summed E-state index contributed by atoms with van der Waals surface area (Å²) >= 11 is 0. The molecular formula is C27H26F4O. The molecule has 0 N–H and O–H groups in total. The molecule has 0 radical (unpaired) electrons. The summed E-state index contributed by atoms with van der Waals surface area (Å²) < 4.78 is 64.4. The quantitative estimate of drug-likeness (QED) is 0.267. The van der Waals surface area contributed by atoms with Crippen LogP contribution in [0.15, 0.2) is 36.4 Å². The normalized spacial score (nSPS) is 12.3. The number of hydrogen-bond acceptors (Lipinski definition) is 1. The Kier molecular flexibility index (Phi) is 6.54. The van der Waals surface area contributed by atoms with Gasteiger partial charge in [0.2, 0.25) is 5.82 Å². The maximum atomic E-state index is 14.9. The monoisotopic (exact) mass is 442 g/mol. The minimum atomic E-state index is -1.12. The van der Waals surface area contributed by atoms with Gasteiger partial charge in [-0.15, -0.1) is 0 Å². The molecule has 1 heterocycles. The van der Waals surface area contributed by atoms with Gasteiger partial charge >= 0.3 is 0 Å². The van der Waals surface area contributed by atoms with Crippen molar-refractivity contribution in [2.75, 3.05) is 0 Å². The number of aryl methyl sites for hydroxylation is 4. The van der Waals surface area contributed by atoms with Gasteiger partial charge in [-0.2, -0.15) is 4.39 Å². The van der Waals surface area contributed by atoms with Crippen molar-refractivity contribution < 1.29 is 22.3 Å². The fourth-order valence-electron chi connectivity index (χ4n) is 4.31. The number of halogens is 4. The summed E-state index contributed by atoms with van der Waals surface area (Å²) in [6, 6.07) is 10.1. The number of benzene rings is 3. The molecule has 3 aromatic carbocycles. The van der Waals surface area contributed by atoms with E-state index in [9.17, 15) is 17.6 Å². The van der Waals surface area contributed by atoms with Gasteiger partial charge in [-0.1, -0.05) is 51.0 Å². The van der Waals surface area contributed by atoms with Gasteiger partial charge in [0, 0.05) is 17.5 Å². The molecule has 0 saturated heterocycles. The van der Waals surface area contributed by atoms with E-state index in [-0.39, 0.29) is 42.1 Å². The number of ether oxygens (including phenoxy) is 1. The average molecular weight is 442 g/mol. The van der Waals surface area contributed by atoms with Gasteiger partial charge in [-0.25, -0.2) is 13.2 Å². The second-order valence-electron chi connectivity index (χ2n) is 8.38. The van der Waals surface area contributed by atoms with Crippen LogP contribution < -0.4 is 4.74 Å². The summed E-state index contributed by atoms with van der Waals surface area (Å²) in [4.78, 5) is 0. The van der Waals surface area contributed by atoms with E-state index in [4.69, 9.17) is 4.74 Å². The molecule has 0 bridgehead atoms. The first kappa shape index (κ1) is 22.4. The summed E-state index contributed by atoms with van der Waals surface area (Å²) in [5.41, 5.74) is 3.11. The lowest BCUT2D eigenvalue weighted by molar-refractivity contribution is 0.377. The number of fused-ring (bicyclic) bond motifs is 2. The Balaban J connectivity index is 1.59. The Morgan fingerprint density at radius 3 is 2.06 bits per heavy atom. The van der Waals surface area contributed by atoms with Crippen LogP contribution in [0.3, 0.4) is 0 Å². The van der Waals surface area contributed by atoms with Crippen molar-refractivity contribution in [1.82, 2.24) is 0 Å². The van der Waals surface area contributed by atoms with Crippen molar-refractivity contribution in [1.29, 1.82) is 0 Å². The maximum Gasteiger partial charge on any atom is 0.201 e. The molecule has 0 spiro atoms. The molecule has 0 saturated carbocycles. The van der Waals surface area contributed by atoms with Crippen LogP contribution in [0.2, 0.25) is 0 Å².